The predicted octanol–water partition coefficient (Wildman–Crippen LogP) is 2.91. The zero-order valence-electron chi connectivity index (χ0n) is 6.46. The Kier molecular flexibility index (Phi) is 2.39. The molecule has 3 heteroatoms. The van der Waals surface area contributed by atoms with Gasteiger partial charge >= 0.3 is 0 Å². The van der Waals surface area contributed by atoms with Crippen molar-refractivity contribution in [2.24, 2.45) is 0 Å². The van der Waals surface area contributed by atoms with Gasteiger partial charge in [-0.2, -0.15) is 0 Å². The molecule has 0 aliphatic rings. The first-order valence-corrected chi connectivity index (χ1v) is 6.69. The van der Waals surface area contributed by atoms with Gasteiger partial charge in [0.25, 0.3) is 0 Å². The molecule has 0 saturated heterocycles. The van der Waals surface area contributed by atoms with E-state index in [4.69, 9.17) is 0 Å². The second kappa shape index (κ2) is 2.37. The van der Waals surface area contributed by atoms with Crippen molar-refractivity contribution >= 4 is 8.07 Å². The van der Waals surface area contributed by atoms with Gasteiger partial charge in [0.15, 0.2) is 0 Å². The molecular weight excluding hydrogens is 138 g/mol. The molecule has 0 aromatic carbocycles. The van der Waals surface area contributed by atoms with Crippen molar-refractivity contribution in [3.8, 4) is 0 Å². The van der Waals surface area contributed by atoms with Gasteiger partial charge in [-0.15, -0.1) is 0 Å². The molecule has 0 heterocycles. The van der Waals surface area contributed by atoms with Gasteiger partial charge in [0.1, 0.15) is 8.07 Å². The molecule has 0 aromatic rings. The van der Waals surface area contributed by atoms with Crippen LogP contribution in [0.3, 0.4) is 0 Å². The Morgan fingerprint density at radius 3 is 1.56 bits per heavy atom. The summed E-state index contributed by atoms with van der Waals surface area (Å²) in [6.45, 7) is 6.61. The van der Waals surface area contributed by atoms with E-state index < -0.39 is 13.6 Å². The minimum Gasteiger partial charge on any atom is -0.212 e. The number of hydrogen-bond donors (Lipinski definition) is 0. The molecule has 0 N–H and O–H groups in total. The summed E-state index contributed by atoms with van der Waals surface area (Å²) < 4.78 is 25.4. The first kappa shape index (κ1) is 9.08. The lowest BCUT2D eigenvalue weighted by Crippen LogP contribution is -2.44. The second-order valence-corrected chi connectivity index (χ2v) is 8.54. The van der Waals surface area contributed by atoms with Crippen LogP contribution in [-0.2, 0) is 0 Å². The smallest absolute Gasteiger partial charge is 0.212 e. The SMILES string of the molecule is CCC(F)(F)[Si](C)(C)C. The van der Waals surface area contributed by atoms with Crippen LogP contribution in [0.25, 0.3) is 0 Å². The average Bonchev–Trinajstić information content (AvgIpc) is 1.64. The van der Waals surface area contributed by atoms with E-state index >= 15 is 0 Å². The van der Waals surface area contributed by atoms with Crippen molar-refractivity contribution in [2.45, 2.75) is 38.5 Å². The number of alkyl halides is 2. The van der Waals surface area contributed by atoms with Gasteiger partial charge < -0.3 is 0 Å². The highest BCUT2D eigenvalue weighted by Gasteiger charge is 2.42. The summed E-state index contributed by atoms with van der Waals surface area (Å²) in [5.74, 6) is 0. The summed E-state index contributed by atoms with van der Waals surface area (Å²) in [5.41, 5.74) is -2.38. The lowest BCUT2D eigenvalue weighted by atomic mass is 10.5. The van der Waals surface area contributed by atoms with Gasteiger partial charge in [-0.3, -0.25) is 0 Å². The van der Waals surface area contributed by atoms with Gasteiger partial charge in [-0.1, -0.05) is 26.6 Å². The van der Waals surface area contributed by atoms with Crippen LogP contribution < -0.4 is 0 Å². The molecule has 0 fully saturated rings. The Bertz CT molecular complexity index is 93.7. The number of rotatable bonds is 2. The fraction of sp³-hybridized carbons (Fsp3) is 1.00. The van der Waals surface area contributed by atoms with E-state index in [1.165, 1.54) is 6.92 Å². The Labute approximate surface area is 56.3 Å². The Hall–Kier alpha value is 0.0769. The van der Waals surface area contributed by atoms with Gasteiger partial charge in [0, 0.05) is 6.42 Å². The average molecular weight is 152 g/mol. The van der Waals surface area contributed by atoms with E-state index in [1.807, 2.05) is 0 Å². The first-order chi connectivity index (χ1) is 3.81. The zero-order chi connectivity index (χ0) is 7.71. The first-order valence-electron chi connectivity index (χ1n) is 3.19. The summed E-state index contributed by atoms with van der Waals surface area (Å²) in [6.07, 6.45) is -0.0112. The third kappa shape index (κ3) is 2.05. The van der Waals surface area contributed by atoms with Crippen molar-refractivity contribution in [2.75, 3.05) is 0 Å². The molecule has 0 saturated carbocycles. The van der Waals surface area contributed by atoms with Crippen molar-refractivity contribution in [3.63, 3.8) is 0 Å². The number of halogens is 2. The van der Waals surface area contributed by atoms with E-state index in [2.05, 4.69) is 0 Å². The topological polar surface area (TPSA) is 0 Å². The van der Waals surface area contributed by atoms with E-state index in [0.29, 0.717) is 0 Å². The molecule has 0 atom stereocenters. The highest BCUT2D eigenvalue weighted by atomic mass is 28.3. The third-order valence-electron chi connectivity index (χ3n) is 1.54. The van der Waals surface area contributed by atoms with Crippen LogP contribution in [0, 0.1) is 0 Å². The monoisotopic (exact) mass is 152 g/mol. The molecule has 0 amide bonds. The van der Waals surface area contributed by atoms with Crippen LogP contribution in [0.4, 0.5) is 8.78 Å². The lowest BCUT2D eigenvalue weighted by molar-refractivity contribution is 0.0772. The Balaban J connectivity index is 4.14. The molecule has 0 rings (SSSR count). The van der Waals surface area contributed by atoms with E-state index in [1.54, 1.807) is 19.6 Å². The zero-order valence-corrected chi connectivity index (χ0v) is 7.46. The van der Waals surface area contributed by atoms with Crippen LogP contribution in [0.15, 0.2) is 0 Å². The molecular formula is C6H14F2Si. The van der Waals surface area contributed by atoms with Gasteiger partial charge in [-0.25, -0.2) is 8.78 Å². The predicted molar refractivity (Wildman–Crippen MR) is 38.6 cm³/mol. The molecule has 0 nitrogen and oxygen atoms in total. The third-order valence-corrected chi connectivity index (χ3v) is 4.09. The molecule has 9 heavy (non-hydrogen) atoms. The standard InChI is InChI=1S/C6H14F2Si/c1-5-6(7,8)9(2,3)4/h5H2,1-4H3. The van der Waals surface area contributed by atoms with E-state index in [0.717, 1.165) is 0 Å². The van der Waals surface area contributed by atoms with Gasteiger partial charge in [0.05, 0.1) is 0 Å². The molecule has 0 bridgehead atoms. The fourth-order valence-corrected chi connectivity index (χ4v) is 1.59. The highest BCUT2D eigenvalue weighted by Crippen LogP contribution is 2.29. The molecule has 0 aliphatic heterocycles. The molecule has 56 valence electrons. The molecule has 0 aromatic heterocycles. The largest absolute Gasteiger partial charge is 0.229 e. The summed E-state index contributed by atoms with van der Waals surface area (Å²) in [5, 5.41) is 0. The summed E-state index contributed by atoms with van der Waals surface area (Å²) in [7, 11) is -2.22. The van der Waals surface area contributed by atoms with Crippen molar-refractivity contribution in [1.29, 1.82) is 0 Å². The van der Waals surface area contributed by atoms with Crippen molar-refractivity contribution < 1.29 is 8.78 Å². The van der Waals surface area contributed by atoms with Crippen LogP contribution in [0.2, 0.25) is 19.6 Å². The quantitative estimate of drug-likeness (QED) is 0.534. The summed E-state index contributed by atoms with van der Waals surface area (Å²) in [4.78, 5) is 0. The van der Waals surface area contributed by atoms with Crippen molar-refractivity contribution in [3.05, 3.63) is 0 Å². The Morgan fingerprint density at radius 1 is 1.22 bits per heavy atom. The van der Waals surface area contributed by atoms with Gasteiger partial charge in [0.2, 0.25) is 5.55 Å². The molecule has 0 spiro atoms. The van der Waals surface area contributed by atoms with Crippen LogP contribution in [0.5, 0.6) is 0 Å². The minimum atomic E-state index is -2.38. The van der Waals surface area contributed by atoms with E-state index in [9.17, 15) is 8.78 Å². The maximum absolute atomic E-state index is 12.7. The van der Waals surface area contributed by atoms with E-state index in [-0.39, 0.29) is 6.42 Å². The molecule has 0 unspecified atom stereocenters. The van der Waals surface area contributed by atoms with Crippen LogP contribution >= 0.6 is 0 Å². The highest BCUT2D eigenvalue weighted by molar-refractivity contribution is 6.78. The van der Waals surface area contributed by atoms with Gasteiger partial charge in [-0.05, 0) is 0 Å². The van der Waals surface area contributed by atoms with Crippen LogP contribution in [-0.4, -0.2) is 13.6 Å². The second-order valence-electron chi connectivity index (χ2n) is 3.31. The maximum atomic E-state index is 12.7. The summed E-state index contributed by atoms with van der Waals surface area (Å²) in [6, 6.07) is 0. The molecule has 0 radical (unpaired) electrons. The maximum Gasteiger partial charge on any atom is 0.229 e. The lowest BCUT2D eigenvalue weighted by Gasteiger charge is -2.26. The Morgan fingerprint density at radius 2 is 1.56 bits per heavy atom. The fourth-order valence-electron chi connectivity index (χ4n) is 0.530. The van der Waals surface area contributed by atoms with Crippen molar-refractivity contribution in [1.82, 2.24) is 0 Å². The molecule has 0 aliphatic carbocycles. The normalized spacial score (nSPS) is 14.0. The number of hydrogen-bond acceptors (Lipinski definition) is 0. The minimum absolute atomic E-state index is 0.0112. The van der Waals surface area contributed by atoms with Crippen LogP contribution in [0.1, 0.15) is 13.3 Å². The summed E-state index contributed by atoms with van der Waals surface area (Å²) >= 11 is 0.